The molecule has 0 fully saturated rings. The molecule has 6 nitrogen and oxygen atoms in total. The number of nitroso groups, excluding NO2 is 1. The standard InChI is InChI=1S/C9H14N4O2S/c1-5(2)4-13-7(10)6(11-15)8(14)12(3)9(13)16/h5H,4,10H2,1-3H3. The maximum atomic E-state index is 11.6. The topological polar surface area (TPSA) is 82.4 Å². The molecule has 2 N–H and O–H groups in total. The van der Waals surface area contributed by atoms with Gasteiger partial charge in [0.15, 0.2) is 4.77 Å². The molecule has 0 aliphatic heterocycles. The highest BCUT2D eigenvalue weighted by molar-refractivity contribution is 7.71. The molecule has 0 aromatic carbocycles. The fraction of sp³-hybridized carbons (Fsp3) is 0.556. The summed E-state index contributed by atoms with van der Waals surface area (Å²) in [7, 11) is 1.50. The third-order valence-corrected chi connectivity index (χ3v) is 2.69. The summed E-state index contributed by atoms with van der Waals surface area (Å²) in [6.07, 6.45) is 0. The lowest BCUT2D eigenvalue weighted by Gasteiger charge is -2.15. The Morgan fingerprint density at radius 1 is 1.50 bits per heavy atom. The Morgan fingerprint density at radius 2 is 2.06 bits per heavy atom. The molecule has 7 heteroatoms. The monoisotopic (exact) mass is 242 g/mol. The third-order valence-electron chi connectivity index (χ3n) is 2.20. The van der Waals surface area contributed by atoms with E-state index in [1.807, 2.05) is 13.8 Å². The van der Waals surface area contributed by atoms with E-state index in [-0.39, 0.29) is 11.5 Å². The normalized spacial score (nSPS) is 10.8. The van der Waals surface area contributed by atoms with Crippen molar-refractivity contribution in [2.75, 3.05) is 5.73 Å². The van der Waals surface area contributed by atoms with Gasteiger partial charge in [-0.1, -0.05) is 13.8 Å². The zero-order chi connectivity index (χ0) is 12.5. The largest absolute Gasteiger partial charge is 0.383 e. The maximum Gasteiger partial charge on any atom is 0.285 e. The summed E-state index contributed by atoms with van der Waals surface area (Å²) in [5, 5.41) is 2.66. The van der Waals surface area contributed by atoms with Crippen LogP contribution in [0.3, 0.4) is 0 Å². The van der Waals surface area contributed by atoms with Gasteiger partial charge in [0, 0.05) is 13.6 Å². The molecule has 1 rings (SSSR count). The molecule has 0 amide bonds. The first-order valence-corrected chi connectivity index (χ1v) is 5.23. The second-order valence-electron chi connectivity index (χ2n) is 3.98. The van der Waals surface area contributed by atoms with Crippen molar-refractivity contribution < 1.29 is 0 Å². The van der Waals surface area contributed by atoms with Crippen LogP contribution in [0.4, 0.5) is 11.5 Å². The van der Waals surface area contributed by atoms with Gasteiger partial charge in [0.1, 0.15) is 5.82 Å². The molecular formula is C9H14N4O2S. The third kappa shape index (κ3) is 2.04. The highest BCUT2D eigenvalue weighted by Crippen LogP contribution is 2.18. The molecule has 0 bridgehead atoms. The van der Waals surface area contributed by atoms with Crippen molar-refractivity contribution in [1.82, 2.24) is 9.13 Å². The van der Waals surface area contributed by atoms with E-state index in [0.29, 0.717) is 17.2 Å². The molecule has 0 radical (unpaired) electrons. The van der Waals surface area contributed by atoms with Crippen molar-refractivity contribution in [3.8, 4) is 0 Å². The molecule has 0 spiro atoms. The number of nitrogens with two attached hydrogens (primary N) is 1. The summed E-state index contributed by atoms with van der Waals surface area (Å²) in [5.74, 6) is 0.336. The molecule has 0 saturated carbocycles. The van der Waals surface area contributed by atoms with Crippen molar-refractivity contribution in [3.05, 3.63) is 20.0 Å². The van der Waals surface area contributed by atoms with Gasteiger partial charge in [0.05, 0.1) is 0 Å². The van der Waals surface area contributed by atoms with Crippen LogP contribution in [-0.4, -0.2) is 9.13 Å². The van der Waals surface area contributed by atoms with Gasteiger partial charge < -0.3 is 10.3 Å². The Labute approximate surface area is 97.7 Å². The van der Waals surface area contributed by atoms with Crippen LogP contribution in [0, 0.1) is 15.6 Å². The van der Waals surface area contributed by atoms with E-state index in [1.54, 1.807) is 4.57 Å². The first-order valence-electron chi connectivity index (χ1n) is 4.82. The van der Waals surface area contributed by atoms with E-state index in [1.165, 1.54) is 11.6 Å². The van der Waals surface area contributed by atoms with Crippen molar-refractivity contribution in [1.29, 1.82) is 0 Å². The Balaban J connectivity index is 3.62. The lowest BCUT2D eigenvalue weighted by Crippen LogP contribution is -2.25. The Bertz CT molecular complexity index is 530. The van der Waals surface area contributed by atoms with E-state index in [9.17, 15) is 9.70 Å². The minimum Gasteiger partial charge on any atom is -0.383 e. The van der Waals surface area contributed by atoms with Crippen LogP contribution in [0.15, 0.2) is 9.97 Å². The van der Waals surface area contributed by atoms with Crippen molar-refractivity contribution >= 4 is 23.7 Å². The second-order valence-corrected chi connectivity index (χ2v) is 4.34. The molecule has 0 unspecified atom stereocenters. The summed E-state index contributed by atoms with van der Waals surface area (Å²) >= 11 is 5.10. The number of anilines is 1. The van der Waals surface area contributed by atoms with Gasteiger partial charge in [-0.25, -0.2) is 0 Å². The molecule has 0 aliphatic rings. The van der Waals surface area contributed by atoms with Gasteiger partial charge in [0.2, 0.25) is 5.69 Å². The van der Waals surface area contributed by atoms with Gasteiger partial charge in [-0.15, -0.1) is 4.91 Å². The minimum absolute atomic E-state index is 0.0387. The molecule has 1 heterocycles. The van der Waals surface area contributed by atoms with E-state index >= 15 is 0 Å². The highest BCUT2D eigenvalue weighted by atomic mass is 32.1. The molecule has 16 heavy (non-hydrogen) atoms. The van der Waals surface area contributed by atoms with Crippen LogP contribution < -0.4 is 11.3 Å². The average Bonchev–Trinajstić information content (AvgIpc) is 2.22. The van der Waals surface area contributed by atoms with Crippen LogP contribution in [0.25, 0.3) is 0 Å². The summed E-state index contributed by atoms with van der Waals surface area (Å²) in [6.45, 7) is 4.52. The molecule has 0 atom stereocenters. The van der Waals surface area contributed by atoms with Gasteiger partial charge in [-0.05, 0) is 23.3 Å². The average molecular weight is 242 g/mol. The van der Waals surface area contributed by atoms with Crippen LogP contribution in [0.5, 0.6) is 0 Å². The number of rotatable bonds is 3. The first-order chi connectivity index (χ1) is 7.40. The predicted octanol–water partition coefficient (Wildman–Crippen LogP) is 1.55. The summed E-state index contributed by atoms with van der Waals surface area (Å²) < 4.78 is 3.05. The Morgan fingerprint density at radius 3 is 2.50 bits per heavy atom. The number of aromatic nitrogens is 2. The van der Waals surface area contributed by atoms with Crippen molar-refractivity contribution in [2.45, 2.75) is 20.4 Å². The zero-order valence-corrected chi connectivity index (χ0v) is 10.2. The Hall–Kier alpha value is -1.50. The van der Waals surface area contributed by atoms with Crippen molar-refractivity contribution in [2.24, 2.45) is 18.1 Å². The smallest absolute Gasteiger partial charge is 0.285 e. The van der Waals surface area contributed by atoms with Gasteiger partial charge in [-0.3, -0.25) is 9.36 Å². The Kier molecular flexibility index (Phi) is 3.58. The number of nitrogens with zero attached hydrogens (tertiary/aromatic N) is 3. The molecule has 88 valence electrons. The maximum absolute atomic E-state index is 11.6. The fourth-order valence-electron chi connectivity index (χ4n) is 1.39. The predicted molar refractivity (Wildman–Crippen MR) is 65.2 cm³/mol. The van der Waals surface area contributed by atoms with Gasteiger partial charge in [-0.2, -0.15) is 0 Å². The van der Waals surface area contributed by atoms with E-state index in [0.717, 1.165) is 0 Å². The van der Waals surface area contributed by atoms with E-state index in [2.05, 4.69) is 5.18 Å². The second kappa shape index (κ2) is 4.56. The molecule has 0 aliphatic carbocycles. The lowest BCUT2D eigenvalue weighted by molar-refractivity contribution is 0.504. The van der Waals surface area contributed by atoms with E-state index < -0.39 is 5.56 Å². The SMILES string of the molecule is CC(C)Cn1c(N)c(N=O)c(=O)n(C)c1=S. The molecular weight excluding hydrogens is 228 g/mol. The van der Waals surface area contributed by atoms with Gasteiger partial charge in [0.25, 0.3) is 5.56 Å². The summed E-state index contributed by atoms with van der Waals surface area (Å²) in [6, 6.07) is 0. The minimum atomic E-state index is -0.558. The van der Waals surface area contributed by atoms with Crippen LogP contribution in [-0.2, 0) is 13.6 Å². The van der Waals surface area contributed by atoms with E-state index in [4.69, 9.17) is 18.0 Å². The summed E-state index contributed by atoms with van der Waals surface area (Å²) in [5.41, 5.74) is 4.86. The van der Waals surface area contributed by atoms with Gasteiger partial charge >= 0.3 is 0 Å². The zero-order valence-electron chi connectivity index (χ0n) is 9.43. The van der Waals surface area contributed by atoms with Crippen LogP contribution in [0.1, 0.15) is 13.8 Å². The number of hydrogen-bond acceptors (Lipinski definition) is 5. The van der Waals surface area contributed by atoms with Crippen LogP contribution >= 0.6 is 12.2 Å². The highest BCUT2D eigenvalue weighted by Gasteiger charge is 2.14. The summed E-state index contributed by atoms with van der Waals surface area (Å²) in [4.78, 5) is 22.1. The van der Waals surface area contributed by atoms with Crippen molar-refractivity contribution in [3.63, 3.8) is 0 Å². The molecule has 1 aromatic rings. The molecule has 1 aromatic heterocycles. The fourth-order valence-corrected chi connectivity index (χ4v) is 1.65. The number of hydrogen-bond donors (Lipinski definition) is 1. The van der Waals surface area contributed by atoms with Crippen LogP contribution in [0.2, 0.25) is 0 Å². The lowest BCUT2D eigenvalue weighted by atomic mass is 10.2. The number of nitrogen functional groups attached to an aromatic ring is 1. The quantitative estimate of drug-likeness (QED) is 0.644. The first kappa shape index (κ1) is 12.6. The molecule has 0 saturated heterocycles.